The Morgan fingerprint density at radius 1 is 1.60 bits per heavy atom. The molecule has 0 saturated heterocycles. The zero-order chi connectivity index (χ0) is 3.41. The second-order valence-corrected chi connectivity index (χ2v) is 0.241. The predicted molar refractivity (Wildman–Crippen MR) is 10.7 cm³/mol. The fourth-order valence-corrected chi connectivity index (χ4v) is 0. The van der Waals surface area contributed by atoms with Gasteiger partial charge in [-0.05, 0) is 0 Å². The summed E-state index contributed by atoms with van der Waals surface area (Å²) in [5.41, 5.74) is 0. The van der Waals surface area contributed by atoms with Crippen LogP contribution in [0.1, 0.15) is 0 Å². The molecule has 0 fully saturated rings. The van der Waals surface area contributed by atoms with Crippen molar-refractivity contribution in [3.8, 4) is 0 Å². The molecule has 0 aromatic rings. The molecule has 0 aliphatic rings. The molecule has 0 aromatic heterocycles. The maximum absolute atomic E-state index is 7.15. The molecule has 0 spiro atoms. The summed E-state index contributed by atoms with van der Waals surface area (Å²) in [4.78, 5) is 3.60. The topological polar surface area (TPSA) is 38.7 Å². The van der Waals surface area contributed by atoms with Gasteiger partial charge in [0.25, 0.3) is 0 Å². The van der Waals surface area contributed by atoms with Gasteiger partial charge < -0.3 is 0 Å². The Bertz CT molecular complexity index is 8.85. The average Bonchev–Trinajstić information content (AvgIpc) is 1.37. The Balaban J connectivity index is 0. The Kier molecular flexibility index (Phi) is 16.0. The van der Waals surface area contributed by atoms with Crippen LogP contribution in [-0.2, 0) is 27.0 Å². The Morgan fingerprint density at radius 2 is 1.80 bits per heavy atom. The molecular weight excluding hydrogens is 115 g/mol. The fourth-order valence-electron chi connectivity index (χ4n) is 0. The summed E-state index contributed by atoms with van der Waals surface area (Å²) in [6, 6.07) is 0. The molecule has 0 atom stereocenters. The van der Waals surface area contributed by atoms with Gasteiger partial charge in [0.15, 0.2) is 0 Å². The molecule has 33 valence electrons. The van der Waals surface area contributed by atoms with Crippen molar-refractivity contribution in [1.29, 1.82) is 0 Å². The standard InChI is InChI=1S/CH4O3.Mn/c1-3-4-2;/h2H,1H3;. The van der Waals surface area contributed by atoms with Crippen LogP contribution in [0.2, 0.25) is 0 Å². The molecule has 0 heterocycles. The minimum atomic E-state index is 0. The largest absolute Gasteiger partial charge is 0.221 e. The van der Waals surface area contributed by atoms with Crippen molar-refractivity contribution in [1.82, 2.24) is 0 Å². The third-order valence-corrected chi connectivity index (χ3v) is 0.0745. The average molecular weight is 119 g/mol. The fraction of sp³-hybridized carbons (Fsp3) is 1.00. The smallest absolute Gasteiger partial charge is 0.0744 e. The zero-order valence-corrected chi connectivity index (χ0v) is 3.82. The van der Waals surface area contributed by atoms with Gasteiger partial charge in [-0.1, -0.05) is 5.04 Å². The van der Waals surface area contributed by atoms with Crippen LogP contribution >= 0.6 is 0 Å². The molecule has 0 aliphatic heterocycles. The summed E-state index contributed by atoms with van der Waals surface area (Å²) in [6.07, 6.45) is 0. The molecule has 0 amide bonds. The van der Waals surface area contributed by atoms with Crippen LogP contribution in [0.15, 0.2) is 0 Å². The van der Waals surface area contributed by atoms with Gasteiger partial charge in [0.05, 0.1) is 7.11 Å². The van der Waals surface area contributed by atoms with E-state index in [2.05, 4.69) is 9.93 Å². The van der Waals surface area contributed by atoms with E-state index in [4.69, 9.17) is 5.26 Å². The van der Waals surface area contributed by atoms with E-state index in [1.165, 1.54) is 7.11 Å². The van der Waals surface area contributed by atoms with Gasteiger partial charge in [0, 0.05) is 17.1 Å². The van der Waals surface area contributed by atoms with Gasteiger partial charge in [-0.2, -0.15) is 0 Å². The van der Waals surface area contributed by atoms with E-state index in [-0.39, 0.29) is 17.1 Å². The minimum absolute atomic E-state index is 0. The molecule has 0 unspecified atom stereocenters. The van der Waals surface area contributed by atoms with Crippen molar-refractivity contribution in [3.05, 3.63) is 0 Å². The number of hydrogen-bond acceptors (Lipinski definition) is 3. The van der Waals surface area contributed by atoms with E-state index in [0.29, 0.717) is 0 Å². The summed E-state index contributed by atoms with van der Waals surface area (Å²) in [5, 5.41) is 10.2. The van der Waals surface area contributed by atoms with Crippen LogP contribution in [0.5, 0.6) is 0 Å². The quantitative estimate of drug-likeness (QED) is 0.300. The van der Waals surface area contributed by atoms with Crippen LogP contribution in [0, 0.1) is 0 Å². The van der Waals surface area contributed by atoms with Gasteiger partial charge in [0.1, 0.15) is 0 Å². The normalized spacial score (nSPS) is 6.00. The molecule has 1 radical (unpaired) electrons. The molecule has 5 heavy (non-hydrogen) atoms. The van der Waals surface area contributed by atoms with Gasteiger partial charge in [-0.3, -0.25) is 0 Å². The van der Waals surface area contributed by atoms with E-state index in [1.807, 2.05) is 0 Å². The van der Waals surface area contributed by atoms with Gasteiger partial charge in [-0.25, -0.2) is 10.1 Å². The minimum Gasteiger partial charge on any atom is -0.221 e. The first-order valence-electron chi connectivity index (χ1n) is 0.757. The monoisotopic (exact) mass is 119 g/mol. The second-order valence-electron chi connectivity index (χ2n) is 0.241. The maximum atomic E-state index is 7.15. The van der Waals surface area contributed by atoms with Crippen molar-refractivity contribution in [2.45, 2.75) is 0 Å². The molecule has 3 nitrogen and oxygen atoms in total. The molecule has 1 N–H and O–H groups in total. The van der Waals surface area contributed by atoms with Crippen LogP contribution in [-0.4, -0.2) is 12.4 Å². The van der Waals surface area contributed by atoms with Crippen LogP contribution < -0.4 is 0 Å². The van der Waals surface area contributed by atoms with E-state index in [9.17, 15) is 0 Å². The van der Waals surface area contributed by atoms with Crippen LogP contribution in [0.4, 0.5) is 0 Å². The number of hydrogen-bond donors (Lipinski definition) is 1. The zero-order valence-electron chi connectivity index (χ0n) is 2.64. The third kappa shape index (κ3) is 12.9. The van der Waals surface area contributed by atoms with Crippen molar-refractivity contribution >= 4 is 0 Å². The molecular formula is CH4MnO3. The Labute approximate surface area is 40.2 Å². The van der Waals surface area contributed by atoms with Crippen LogP contribution in [0.3, 0.4) is 0 Å². The van der Waals surface area contributed by atoms with Gasteiger partial charge >= 0.3 is 0 Å². The van der Waals surface area contributed by atoms with Crippen molar-refractivity contribution < 1.29 is 32.3 Å². The Hall–Kier alpha value is 0.399. The van der Waals surface area contributed by atoms with E-state index >= 15 is 0 Å². The summed E-state index contributed by atoms with van der Waals surface area (Å²) < 4.78 is 0. The SMILES string of the molecule is COOO.[Mn]. The number of rotatable bonds is 1. The molecule has 0 bridgehead atoms. The molecule has 4 heteroatoms. The van der Waals surface area contributed by atoms with Crippen molar-refractivity contribution in [2.75, 3.05) is 7.11 Å². The molecule has 0 aromatic carbocycles. The van der Waals surface area contributed by atoms with Gasteiger partial charge in [0.2, 0.25) is 0 Å². The maximum Gasteiger partial charge on any atom is 0.0744 e. The first-order chi connectivity index (χ1) is 1.91. The summed E-state index contributed by atoms with van der Waals surface area (Å²) in [7, 11) is 1.21. The summed E-state index contributed by atoms with van der Waals surface area (Å²) >= 11 is 0. The molecule has 0 saturated carbocycles. The summed E-state index contributed by atoms with van der Waals surface area (Å²) in [6.45, 7) is 0. The predicted octanol–water partition coefficient (Wildman–Crippen LogP) is 0.0349. The first-order valence-corrected chi connectivity index (χ1v) is 0.757. The second kappa shape index (κ2) is 8.83. The van der Waals surface area contributed by atoms with Crippen molar-refractivity contribution in [2.24, 2.45) is 0 Å². The van der Waals surface area contributed by atoms with Crippen molar-refractivity contribution in [3.63, 3.8) is 0 Å². The van der Waals surface area contributed by atoms with E-state index < -0.39 is 0 Å². The van der Waals surface area contributed by atoms with E-state index in [0.717, 1.165) is 0 Å². The third-order valence-electron chi connectivity index (χ3n) is 0.0745. The molecule has 0 rings (SSSR count). The van der Waals surface area contributed by atoms with E-state index in [1.54, 1.807) is 0 Å². The Morgan fingerprint density at radius 3 is 1.80 bits per heavy atom. The summed E-state index contributed by atoms with van der Waals surface area (Å²) in [5.74, 6) is 0. The molecule has 0 aliphatic carbocycles. The first kappa shape index (κ1) is 9.04. The van der Waals surface area contributed by atoms with Crippen LogP contribution in [0.25, 0.3) is 0 Å². The van der Waals surface area contributed by atoms with Gasteiger partial charge in [-0.15, -0.1) is 0 Å².